The maximum absolute atomic E-state index is 13.9. The molecule has 1 fully saturated rings. The highest BCUT2D eigenvalue weighted by Crippen LogP contribution is 2.41. The minimum absolute atomic E-state index is 0.0397. The molecule has 20 heavy (non-hydrogen) atoms. The first-order chi connectivity index (χ1) is 9.22. The first-order valence-corrected chi connectivity index (χ1v) is 7.55. The molecule has 2 atom stereocenters. The predicted molar refractivity (Wildman–Crippen MR) is 80.3 cm³/mol. The fourth-order valence-corrected chi connectivity index (χ4v) is 3.70. The fourth-order valence-electron chi connectivity index (χ4n) is 3.51. The molecule has 3 N–H and O–H groups in total. The summed E-state index contributed by atoms with van der Waals surface area (Å²) in [6.45, 7) is 3.87. The van der Waals surface area contributed by atoms with Crippen LogP contribution in [-0.2, 0) is 6.42 Å². The lowest BCUT2D eigenvalue weighted by molar-refractivity contribution is -0.0721. The molecule has 2 unspecified atom stereocenters. The highest BCUT2D eigenvalue weighted by molar-refractivity contribution is 6.30. The van der Waals surface area contributed by atoms with Crippen molar-refractivity contribution in [3.05, 3.63) is 34.6 Å². The van der Waals surface area contributed by atoms with Crippen LogP contribution in [-0.4, -0.2) is 16.2 Å². The van der Waals surface area contributed by atoms with Gasteiger partial charge in [-0.15, -0.1) is 0 Å². The van der Waals surface area contributed by atoms with Gasteiger partial charge in [0.05, 0.1) is 5.60 Å². The second-order valence-electron chi connectivity index (χ2n) is 6.64. The zero-order chi connectivity index (χ0) is 15.0. The third-order valence-corrected chi connectivity index (χ3v) is 4.64. The van der Waals surface area contributed by atoms with E-state index in [1.165, 1.54) is 12.1 Å². The van der Waals surface area contributed by atoms with E-state index in [9.17, 15) is 9.50 Å². The van der Waals surface area contributed by atoms with Crippen LogP contribution in [0.15, 0.2) is 18.2 Å². The van der Waals surface area contributed by atoms with E-state index in [0.717, 1.165) is 19.3 Å². The topological polar surface area (TPSA) is 46.2 Å². The van der Waals surface area contributed by atoms with Gasteiger partial charge in [0.1, 0.15) is 5.82 Å². The lowest BCUT2D eigenvalue weighted by atomic mass is 9.65. The van der Waals surface area contributed by atoms with Crippen molar-refractivity contribution in [1.29, 1.82) is 0 Å². The van der Waals surface area contributed by atoms with Crippen LogP contribution in [0.25, 0.3) is 0 Å². The van der Waals surface area contributed by atoms with Crippen molar-refractivity contribution >= 4 is 11.6 Å². The molecule has 2 rings (SSSR count). The minimum Gasteiger partial charge on any atom is -0.389 e. The zero-order valence-electron chi connectivity index (χ0n) is 12.1. The van der Waals surface area contributed by atoms with Gasteiger partial charge in [-0.05, 0) is 50.5 Å². The molecule has 1 aromatic rings. The number of hydrogen-bond donors (Lipinski definition) is 2. The Hall–Kier alpha value is -0.640. The van der Waals surface area contributed by atoms with Crippen molar-refractivity contribution < 1.29 is 9.50 Å². The van der Waals surface area contributed by atoms with Crippen LogP contribution >= 0.6 is 11.6 Å². The van der Waals surface area contributed by atoms with Crippen LogP contribution in [0.3, 0.4) is 0 Å². The first kappa shape index (κ1) is 15.7. The molecular weight excluding hydrogens is 277 g/mol. The Balaban J connectivity index is 2.30. The summed E-state index contributed by atoms with van der Waals surface area (Å²) in [6.07, 6.45) is 3.81. The van der Waals surface area contributed by atoms with Crippen molar-refractivity contribution in [3.63, 3.8) is 0 Å². The first-order valence-electron chi connectivity index (χ1n) is 7.17. The van der Waals surface area contributed by atoms with Gasteiger partial charge in [0.25, 0.3) is 0 Å². The Bertz CT molecular complexity index is 486. The molecule has 2 nitrogen and oxygen atoms in total. The van der Waals surface area contributed by atoms with Crippen LogP contribution < -0.4 is 5.73 Å². The standard InChI is InChI=1S/C16H23ClFNO/c1-15(2,19)14-5-3-4-8-16(14,20)10-11-9-12(17)6-7-13(11)18/h6-7,9,14,20H,3-5,8,10,19H2,1-2H3. The van der Waals surface area contributed by atoms with Crippen LogP contribution in [0.4, 0.5) is 4.39 Å². The Morgan fingerprint density at radius 2 is 2.15 bits per heavy atom. The average molecular weight is 300 g/mol. The van der Waals surface area contributed by atoms with Crippen molar-refractivity contribution in [2.45, 2.75) is 57.1 Å². The Morgan fingerprint density at radius 1 is 1.45 bits per heavy atom. The summed E-state index contributed by atoms with van der Waals surface area (Å²) in [4.78, 5) is 0. The third kappa shape index (κ3) is 3.33. The summed E-state index contributed by atoms with van der Waals surface area (Å²) in [5.74, 6) is -0.357. The molecule has 0 radical (unpaired) electrons. The smallest absolute Gasteiger partial charge is 0.126 e. The lowest BCUT2D eigenvalue weighted by Crippen LogP contribution is -2.56. The second-order valence-corrected chi connectivity index (χ2v) is 7.07. The molecule has 0 spiro atoms. The monoisotopic (exact) mass is 299 g/mol. The number of rotatable bonds is 3. The molecule has 1 aromatic carbocycles. The number of hydrogen-bond acceptors (Lipinski definition) is 2. The zero-order valence-corrected chi connectivity index (χ0v) is 12.9. The maximum atomic E-state index is 13.9. The van der Waals surface area contributed by atoms with E-state index in [1.807, 2.05) is 13.8 Å². The van der Waals surface area contributed by atoms with Crippen LogP contribution in [0.5, 0.6) is 0 Å². The summed E-state index contributed by atoms with van der Waals surface area (Å²) in [5, 5.41) is 11.5. The molecule has 1 aliphatic rings. The van der Waals surface area contributed by atoms with Crippen molar-refractivity contribution in [2.75, 3.05) is 0 Å². The minimum atomic E-state index is -0.956. The lowest BCUT2D eigenvalue weighted by Gasteiger charge is -2.46. The summed E-state index contributed by atoms with van der Waals surface area (Å²) in [5.41, 5.74) is 5.26. The van der Waals surface area contributed by atoms with Gasteiger partial charge in [-0.2, -0.15) is 0 Å². The van der Waals surface area contributed by atoms with E-state index >= 15 is 0 Å². The van der Waals surface area contributed by atoms with Gasteiger partial charge in [0.2, 0.25) is 0 Å². The van der Waals surface area contributed by atoms with E-state index in [-0.39, 0.29) is 18.2 Å². The highest BCUT2D eigenvalue weighted by atomic mass is 35.5. The summed E-state index contributed by atoms with van der Waals surface area (Å²) < 4.78 is 13.9. The summed E-state index contributed by atoms with van der Waals surface area (Å²) in [6, 6.07) is 4.48. The molecule has 1 saturated carbocycles. The normalized spacial score (nSPS) is 27.6. The van der Waals surface area contributed by atoms with Crippen molar-refractivity contribution in [1.82, 2.24) is 0 Å². The van der Waals surface area contributed by atoms with Gasteiger partial charge in [-0.3, -0.25) is 0 Å². The Labute approximate surface area is 125 Å². The number of benzene rings is 1. The highest BCUT2D eigenvalue weighted by Gasteiger charge is 2.45. The van der Waals surface area contributed by atoms with E-state index < -0.39 is 11.1 Å². The average Bonchev–Trinajstić information content (AvgIpc) is 2.32. The SMILES string of the molecule is CC(C)(N)C1CCCCC1(O)Cc1cc(Cl)ccc1F. The van der Waals surface area contributed by atoms with E-state index in [0.29, 0.717) is 17.0 Å². The van der Waals surface area contributed by atoms with Crippen LogP contribution in [0, 0.1) is 11.7 Å². The van der Waals surface area contributed by atoms with Gasteiger partial charge < -0.3 is 10.8 Å². The molecular formula is C16H23ClFNO. The largest absolute Gasteiger partial charge is 0.389 e. The summed E-state index contributed by atoms with van der Waals surface area (Å²) >= 11 is 5.93. The molecule has 0 aliphatic heterocycles. The number of aliphatic hydroxyl groups is 1. The molecule has 1 aliphatic carbocycles. The van der Waals surface area contributed by atoms with Gasteiger partial charge in [0, 0.05) is 22.9 Å². The molecule has 0 bridgehead atoms. The predicted octanol–water partition coefficient (Wildman–Crippen LogP) is 3.68. The van der Waals surface area contributed by atoms with Crippen molar-refractivity contribution in [3.8, 4) is 0 Å². The Kier molecular flexibility index (Phi) is 4.43. The van der Waals surface area contributed by atoms with Crippen molar-refractivity contribution in [2.24, 2.45) is 11.7 Å². The van der Waals surface area contributed by atoms with E-state index in [1.54, 1.807) is 6.07 Å². The van der Waals surface area contributed by atoms with Gasteiger partial charge in [-0.1, -0.05) is 24.4 Å². The van der Waals surface area contributed by atoms with Gasteiger partial charge in [-0.25, -0.2) is 4.39 Å². The second kappa shape index (κ2) is 5.63. The van der Waals surface area contributed by atoms with E-state index in [2.05, 4.69) is 0 Å². The van der Waals surface area contributed by atoms with Gasteiger partial charge in [0.15, 0.2) is 0 Å². The number of halogens is 2. The molecule has 0 heterocycles. The third-order valence-electron chi connectivity index (χ3n) is 4.40. The molecule has 0 amide bonds. The Morgan fingerprint density at radius 3 is 2.80 bits per heavy atom. The maximum Gasteiger partial charge on any atom is 0.126 e. The van der Waals surface area contributed by atoms with E-state index in [4.69, 9.17) is 17.3 Å². The number of nitrogens with two attached hydrogens (primary N) is 1. The van der Waals surface area contributed by atoms with Gasteiger partial charge >= 0.3 is 0 Å². The van der Waals surface area contributed by atoms with Crippen LogP contribution in [0.2, 0.25) is 5.02 Å². The molecule has 0 saturated heterocycles. The molecule has 112 valence electrons. The summed E-state index contributed by atoms with van der Waals surface area (Å²) in [7, 11) is 0. The molecule has 4 heteroatoms. The quantitative estimate of drug-likeness (QED) is 0.894. The van der Waals surface area contributed by atoms with Crippen LogP contribution in [0.1, 0.15) is 45.1 Å². The molecule has 0 aromatic heterocycles. The fraction of sp³-hybridized carbons (Fsp3) is 0.625.